The number of benzene rings is 1. The van der Waals surface area contributed by atoms with Gasteiger partial charge in [-0.2, -0.15) is 4.52 Å². The van der Waals surface area contributed by atoms with Gasteiger partial charge in [0.1, 0.15) is 4.49 Å². The summed E-state index contributed by atoms with van der Waals surface area (Å²) in [6.07, 6.45) is 3.52. The molecular formula is C21H19Cl2N3O4S. The lowest BCUT2D eigenvalue weighted by atomic mass is 10.1. The predicted molar refractivity (Wildman–Crippen MR) is 120 cm³/mol. The summed E-state index contributed by atoms with van der Waals surface area (Å²) in [6, 6.07) is 5.05. The Hall–Kier alpha value is -2.42. The van der Waals surface area contributed by atoms with Gasteiger partial charge in [-0.15, -0.1) is 5.10 Å². The molecule has 0 saturated heterocycles. The molecule has 2 heterocycles. The first-order chi connectivity index (χ1) is 14.6. The highest BCUT2D eigenvalue weighted by Gasteiger charge is 2.59. The highest BCUT2D eigenvalue weighted by Crippen LogP contribution is 2.64. The molecule has 31 heavy (non-hydrogen) atoms. The van der Waals surface area contributed by atoms with E-state index in [-0.39, 0.29) is 27.3 Å². The van der Waals surface area contributed by atoms with Crippen LogP contribution in [-0.4, -0.2) is 27.7 Å². The Morgan fingerprint density at radius 3 is 2.65 bits per heavy atom. The minimum absolute atomic E-state index is 0.0528. The summed E-state index contributed by atoms with van der Waals surface area (Å²) in [7, 11) is 1.48. The van der Waals surface area contributed by atoms with Crippen molar-refractivity contribution in [2.45, 2.75) is 26.7 Å². The summed E-state index contributed by atoms with van der Waals surface area (Å²) in [6.45, 7) is 5.50. The van der Waals surface area contributed by atoms with Gasteiger partial charge in [-0.3, -0.25) is 9.59 Å². The number of esters is 1. The molecule has 0 spiro atoms. The van der Waals surface area contributed by atoms with Crippen LogP contribution in [0.2, 0.25) is 0 Å². The molecule has 7 nitrogen and oxygen atoms in total. The molecule has 2 aromatic heterocycles. The molecule has 3 aromatic rings. The van der Waals surface area contributed by atoms with Gasteiger partial charge in [0.05, 0.1) is 11.6 Å². The van der Waals surface area contributed by atoms with Crippen LogP contribution in [0.3, 0.4) is 0 Å². The minimum atomic E-state index is -0.442. The highest BCUT2D eigenvalue weighted by atomic mass is 35.5. The molecule has 10 heteroatoms. The van der Waals surface area contributed by atoms with Crippen LogP contribution in [0.5, 0.6) is 11.5 Å². The van der Waals surface area contributed by atoms with Gasteiger partial charge in [0.15, 0.2) is 17.3 Å². The van der Waals surface area contributed by atoms with Crippen LogP contribution in [0, 0.1) is 11.3 Å². The number of aromatic nitrogens is 3. The van der Waals surface area contributed by atoms with Crippen LogP contribution < -0.4 is 19.6 Å². The third-order valence-corrected chi connectivity index (χ3v) is 6.64. The lowest BCUT2D eigenvalue weighted by molar-refractivity contribution is -0.132. The third-order valence-electron chi connectivity index (χ3n) is 5.43. The van der Waals surface area contributed by atoms with Gasteiger partial charge in [0.25, 0.3) is 5.56 Å². The van der Waals surface area contributed by atoms with Crippen molar-refractivity contribution >= 4 is 51.5 Å². The van der Waals surface area contributed by atoms with E-state index in [9.17, 15) is 9.59 Å². The predicted octanol–water partition coefficient (Wildman–Crippen LogP) is 3.69. The Balaban J connectivity index is 1.68. The summed E-state index contributed by atoms with van der Waals surface area (Å²) >= 11 is 12.9. The van der Waals surface area contributed by atoms with Gasteiger partial charge in [-0.05, 0) is 41.2 Å². The van der Waals surface area contributed by atoms with Crippen molar-refractivity contribution in [3.63, 3.8) is 0 Å². The van der Waals surface area contributed by atoms with E-state index in [1.165, 1.54) is 29.9 Å². The van der Waals surface area contributed by atoms with Gasteiger partial charge in [-0.25, -0.2) is 4.98 Å². The van der Waals surface area contributed by atoms with Crippen molar-refractivity contribution in [2.75, 3.05) is 7.11 Å². The highest BCUT2D eigenvalue weighted by molar-refractivity contribution is 7.15. The van der Waals surface area contributed by atoms with E-state index in [1.54, 1.807) is 30.4 Å². The molecule has 1 saturated carbocycles. The zero-order valence-corrected chi connectivity index (χ0v) is 19.5. The summed E-state index contributed by atoms with van der Waals surface area (Å²) < 4.78 is 12.4. The van der Waals surface area contributed by atoms with Crippen LogP contribution in [0.25, 0.3) is 11.0 Å². The molecule has 162 valence electrons. The van der Waals surface area contributed by atoms with E-state index in [4.69, 9.17) is 32.7 Å². The number of nitrogens with zero attached hydrogens (tertiary/aromatic N) is 3. The second-order valence-corrected chi connectivity index (χ2v) is 9.88. The van der Waals surface area contributed by atoms with E-state index in [1.807, 2.05) is 0 Å². The topological polar surface area (TPSA) is 82.8 Å². The Bertz CT molecular complexity index is 1320. The zero-order valence-electron chi connectivity index (χ0n) is 17.2. The molecule has 2 atom stereocenters. The molecule has 1 aliphatic rings. The largest absolute Gasteiger partial charge is 0.493 e. The molecule has 0 amide bonds. The number of hydrogen-bond acceptors (Lipinski definition) is 7. The normalized spacial score (nSPS) is 20.0. The van der Waals surface area contributed by atoms with E-state index in [0.717, 1.165) is 5.56 Å². The second-order valence-electron chi connectivity index (χ2n) is 7.87. The zero-order chi connectivity index (χ0) is 22.5. The van der Waals surface area contributed by atoms with E-state index < -0.39 is 5.97 Å². The van der Waals surface area contributed by atoms with Crippen molar-refractivity contribution in [1.82, 2.24) is 14.6 Å². The first-order valence-corrected chi connectivity index (χ1v) is 11.0. The molecule has 0 aliphatic heterocycles. The SMILES string of the molecule is COc1cc(C=c2sc3nc(C4C(C=C(Cl)Cl)C4(C)C)nn3c2=O)ccc1OC(C)=O. The number of carbonyl (C=O) groups excluding carboxylic acids is 1. The van der Waals surface area contributed by atoms with Gasteiger partial charge >= 0.3 is 5.97 Å². The summed E-state index contributed by atoms with van der Waals surface area (Å²) in [5.74, 6) is 1.06. The number of allylic oxidation sites excluding steroid dienone is 1. The summed E-state index contributed by atoms with van der Waals surface area (Å²) in [4.78, 5) is 29.2. The van der Waals surface area contributed by atoms with Crippen LogP contribution in [0.1, 0.15) is 38.1 Å². The van der Waals surface area contributed by atoms with Gasteiger partial charge in [-0.1, -0.05) is 54.5 Å². The number of rotatable bonds is 5. The molecule has 0 bridgehead atoms. The quantitative estimate of drug-likeness (QED) is 0.409. The van der Waals surface area contributed by atoms with Crippen LogP contribution in [0.15, 0.2) is 33.6 Å². The Labute approximate surface area is 191 Å². The lowest BCUT2D eigenvalue weighted by Crippen LogP contribution is -2.23. The maximum absolute atomic E-state index is 12.9. The second kappa shape index (κ2) is 7.93. The van der Waals surface area contributed by atoms with Crippen molar-refractivity contribution in [3.05, 3.63) is 55.0 Å². The molecule has 0 radical (unpaired) electrons. The number of ether oxygens (including phenoxy) is 2. The Kier molecular flexibility index (Phi) is 5.57. The molecular weight excluding hydrogens is 461 g/mol. The maximum Gasteiger partial charge on any atom is 0.308 e. The fourth-order valence-electron chi connectivity index (χ4n) is 3.76. The van der Waals surface area contributed by atoms with Crippen molar-refractivity contribution in [3.8, 4) is 11.5 Å². The van der Waals surface area contributed by atoms with Crippen LogP contribution in [0.4, 0.5) is 0 Å². The van der Waals surface area contributed by atoms with E-state index >= 15 is 0 Å². The Morgan fingerprint density at radius 2 is 2.03 bits per heavy atom. The number of hydrogen-bond donors (Lipinski definition) is 0. The monoisotopic (exact) mass is 479 g/mol. The number of methoxy groups -OCH3 is 1. The summed E-state index contributed by atoms with van der Waals surface area (Å²) in [5.41, 5.74) is 0.396. The number of thiazole rings is 1. The van der Waals surface area contributed by atoms with Crippen molar-refractivity contribution in [1.29, 1.82) is 0 Å². The maximum atomic E-state index is 12.9. The minimum Gasteiger partial charge on any atom is -0.493 e. The van der Waals surface area contributed by atoms with Crippen molar-refractivity contribution in [2.24, 2.45) is 11.3 Å². The molecule has 4 rings (SSSR count). The number of carbonyl (C=O) groups is 1. The average Bonchev–Trinajstić information content (AvgIpc) is 2.95. The molecule has 1 fully saturated rings. The molecule has 1 aliphatic carbocycles. The van der Waals surface area contributed by atoms with E-state index in [0.29, 0.717) is 26.8 Å². The first-order valence-electron chi connectivity index (χ1n) is 9.42. The van der Waals surface area contributed by atoms with Crippen LogP contribution in [-0.2, 0) is 4.79 Å². The lowest BCUT2D eigenvalue weighted by Gasteiger charge is -2.08. The number of fused-ring (bicyclic) bond motifs is 1. The average molecular weight is 480 g/mol. The fourth-order valence-corrected chi connectivity index (χ4v) is 4.95. The van der Waals surface area contributed by atoms with E-state index in [2.05, 4.69) is 23.9 Å². The summed E-state index contributed by atoms with van der Waals surface area (Å²) in [5, 5.41) is 4.46. The van der Waals surface area contributed by atoms with Crippen molar-refractivity contribution < 1.29 is 14.3 Å². The first kappa shape index (κ1) is 21.8. The fraction of sp³-hybridized carbons (Fsp3) is 0.333. The Morgan fingerprint density at radius 1 is 1.29 bits per heavy atom. The standard InChI is InChI=1S/C21H19Cl2N3O4S/c1-10(27)30-13-6-5-11(7-14(13)29-4)8-15-19(28)26-20(31-15)24-18(25-26)17-12(9-16(22)23)21(17,2)3/h5-9,12,17H,1-4H3. The number of halogens is 2. The van der Waals surface area contributed by atoms with Gasteiger partial charge in [0.2, 0.25) is 4.96 Å². The van der Waals surface area contributed by atoms with Gasteiger partial charge in [0, 0.05) is 12.8 Å². The smallest absolute Gasteiger partial charge is 0.308 e. The van der Waals surface area contributed by atoms with Crippen LogP contribution >= 0.6 is 34.5 Å². The molecule has 2 unspecified atom stereocenters. The molecule has 1 aromatic carbocycles. The molecule has 0 N–H and O–H groups in total. The third kappa shape index (κ3) is 4.07. The van der Waals surface area contributed by atoms with Gasteiger partial charge < -0.3 is 9.47 Å².